The van der Waals surface area contributed by atoms with Crippen LogP contribution in [0.5, 0.6) is 5.75 Å². The van der Waals surface area contributed by atoms with E-state index in [1.54, 1.807) is 7.11 Å². The van der Waals surface area contributed by atoms with Crippen LogP contribution in [0.4, 0.5) is 0 Å². The summed E-state index contributed by atoms with van der Waals surface area (Å²) < 4.78 is 16.2. The van der Waals surface area contributed by atoms with Crippen LogP contribution in [-0.4, -0.2) is 45.5 Å². The SMILES string of the molecule is COc1ccc(COCCNC(N)=NCC2CCCO2)cc1.I. The van der Waals surface area contributed by atoms with Crippen LogP contribution in [0, 0.1) is 0 Å². The van der Waals surface area contributed by atoms with Gasteiger partial charge in [0, 0.05) is 13.2 Å². The molecule has 1 unspecified atom stereocenters. The number of guanidine groups is 1. The number of benzene rings is 1. The topological polar surface area (TPSA) is 78.1 Å². The second kappa shape index (κ2) is 11.5. The quantitative estimate of drug-likeness (QED) is 0.282. The van der Waals surface area contributed by atoms with Gasteiger partial charge in [-0.2, -0.15) is 0 Å². The molecule has 130 valence electrons. The van der Waals surface area contributed by atoms with E-state index >= 15 is 0 Å². The summed E-state index contributed by atoms with van der Waals surface area (Å²) >= 11 is 0. The number of hydrogen-bond donors (Lipinski definition) is 2. The fourth-order valence-electron chi connectivity index (χ4n) is 2.21. The predicted octanol–water partition coefficient (Wildman–Crippen LogP) is 1.91. The molecule has 0 spiro atoms. The summed E-state index contributed by atoms with van der Waals surface area (Å²) in [6, 6.07) is 7.83. The molecule has 0 saturated carbocycles. The zero-order valence-electron chi connectivity index (χ0n) is 13.5. The summed E-state index contributed by atoms with van der Waals surface area (Å²) in [6.07, 6.45) is 2.42. The predicted molar refractivity (Wildman–Crippen MR) is 102 cm³/mol. The summed E-state index contributed by atoms with van der Waals surface area (Å²) in [5, 5.41) is 3.04. The van der Waals surface area contributed by atoms with Gasteiger partial charge in [0.1, 0.15) is 5.75 Å². The van der Waals surface area contributed by atoms with E-state index in [0.29, 0.717) is 32.3 Å². The summed E-state index contributed by atoms with van der Waals surface area (Å²) in [5.41, 5.74) is 6.90. The molecule has 23 heavy (non-hydrogen) atoms. The molecule has 2 rings (SSSR count). The zero-order chi connectivity index (χ0) is 15.6. The molecule has 1 aromatic carbocycles. The van der Waals surface area contributed by atoms with Crippen molar-refractivity contribution in [3.63, 3.8) is 0 Å². The van der Waals surface area contributed by atoms with Gasteiger partial charge in [0.15, 0.2) is 5.96 Å². The third-order valence-corrected chi connectivity index (χ3v) is 3.47. The smallest absolute Gasteiger partial charge is 0.188 e. The molecular weight excluding hydrogens is 409 g/mol. The van der Waals surface area contributed by atoms with Crippen molar-refractivity contribution >= 4 is 29.9 Å². The fourth-order valence-corrected chi connectivity index (χ4v) is 2.21. The maximum absolute atomic E-state index is 5.79. The number of nitrogens with zero attached hydrogens (tertiary/aromatic N) is 1. The van der Waals surface area contributed by atoms with Gasteiger partial charge in [0.05, 0.1) is 33.0 Å². The minimum Gasteiger partial charge on any atom is -0.497 e. The van der Waals surface area contributed by atoms with Crippen LogP contribution in [0.25, 0.3) is 0 Å². The minimum absolute atomic E-state index is 0. The van der Waals surface area contributed by atoms with E-state index < -0.39 is 0 Å². The number of nitrogens with two attached hydrogens (primary N) is 1. The van der Waals surface area contributed by atoms with Gasteiger partial charge in [-0.15, -0.1) is 24.0 Å². The highest BCUT2D eigenvalue weighted by atomic mass is 127. The fraction of sp³-hybridized carbons (Fsp3) is 0.562. The molecule has 0 amide bonds. The number of rotatable bonds is 8. The Balaban J connectivity index is 0.00000264. The largest absolute Gasteiger partial charge is 0.497 e. The highest BCUT2D eigenvalue weighted by Crippen LogP contribution is 2.12. The van der Waals surface area contributed by atoms with Crippen molar-refractivity contribution in [3.8, 4) is 5.75 Å². The Bertz CT molecular complexity index is 462. The highest BCUT2D eigenvalue weighted by Gasteiger charge is 2.14. The molecule has 0 aliphatic carbocycles. The normalized spacial score (nSPS) is 17.6. The van der Waals surface area contributed by atoms with E-state index in [2.05, 4.69) is 10.3 Å². The van der Waals surface area contributed by atoms with E-state index in [-0.39, 0.29) is 30.1 Å². The van der Waals surface area contributed by atoms with Crippen molar-refractivity contribution in [2.24, 2.45) is 10.7 Å². The Morgan fingerprint density at radius 2 is 2.17 bits per heavy atom. The van der Waals surface area contributed by atoms with Gasteiger partial charge < -0.3 is 25.3 Å². The second-order valence-corrected chi connectivity index (χ2v) is 5.19. The summed E-state index contributed by atoms with van der Waals surface area (Å²) in [7, 11) is 1.65. The summed E-state index contributed by atoms with van der Waals surface area (Å²) in [5.74, 6) is 1.30. The van der Waals surface area contributed by atoms with E-state index in [1.165, 1.54) is 0 Å². The van der Waals surface area contributed by atoms with Crippen molar-refractivity contribution in [1.82, 2.24) is 5.32 Å². The van der Waals surface area contributed by atoms with Crippen LogP contribution in [-0.2, 0) is 16.1 Å². The Labute approximate surface area is 154 Å². The standard InChI is InChI=1S/C16H25N3O3.HI/c1-20-14-6-4-13(5-7-14)12-21-10-8-18-16(17)19-11-15-3-2-9-22-15;/h4-7,15H,2-3,8-12H2,1H3,(H3,17,18,19);1H. The van der Waals surface area contributed by atoms with E-state index in [4.69, 9.17) is 19.9 Å². The van der Waals surface area contributed by atoms with Crippen LogP contribution in [0.1, 0.15) is 18.4 Å². The van der Waals surface area contributed by atoms with Gasteiger partial charge in [-0.25, -0.2) is 0 Å². The zero-order valence-corrected chi connectivity index (χ0v) is 15.8. The van der Waals surface area contributed by atoms with Gasteiger partial charge in [-0.3, -0.25) is 4.99 Å². The number of aliphatic imine (C=N–C) groups is 1. The molecule has 6 nitrogen and oxygen atoms in total. The molecule has 1 aliphatic heterocycles. The molecule has 1 fully saturated rings. The van der Waals surface area contributed by atoms with Crippen molar-refractivity contribution in [2.45, 2.75) is 25.6 Å². The Hall–Kier alpha value is -1.06. The van der Waals surface area contributed by atoms with Crippen molar-refractivity contribution in [3.05, 3.63) is 29.8 Å². The number of methoxy groups -OCH3 is 1. The first-order chi connectivity index (χ1) is 10.8. The first-order valence-electron chi connectivity index (χ1n) is 7.64. The molecule has 1 atom stereocenters. The van der Waals surface area contributed by atoms with E-state index in [1.807, 2.05) is 24.3 Å². The van der Waals surface area contributed by atoms with Crippen LogP contribution in [0.15, 0.2) is 29.3 Å². The highest BCUT2D eigenvalue weighted by molar-refractivity contribution is 14.0. The third-order valence-electron chi connectivity index (χ3n) is 3.47. The molecule has 0 radical (unpaired) electrons. The summed E-state index contributed by atoms with van der Waals surface area (Å²) in [4.78, 5) is 4.27. The Morgan fingerprint density at radius 3 is 2.83 bits per heavy atom. The molecule has 1 heterocycles. The molecule has 7 heteroatoms. The minimum atomic E-state index is 0. The molecule has 1 aliphatic rings. The molecule has 0 bridgehead atoms. The van der Waals surface area contributed by atoms with Gasteiger partial charge in [-0.1, -0.05) is 12.1 Å². The number of hydrogen-bond acceptors (Lipinski definition) is 4. The molecule has 1 aromatic rings. The lowest BCUT2D eigenvalue weighted by molar-refractivity contribution is 0.117. The van der Waals surface area contributed by atoms with E-state index in [0.717, 1.165) is 30.8 Å². The van der Waals surface area contributed by atoms with Gasteiger partial charge in [-0.05, 0) is 30.5 Å². The van der Waals surface area contributed by atoms with Crippen molar-refractivity contribution in [1.29, 1.82) is 0 Å². The number of nitrogens with one attached hydrogen (secondary N) is 1. The number of ether oxygens (including phenoxy) is 3. The average molecular weight is 435 g/mol. The van der Waals surface area contributed by atoms with Crippen molar-refractivity contribution < 1.29 is 14.2 Å². The molecular formula is C16H26IN3O3. The average Bonchev–Trinajstić information content (AvgIpc) is 3.06. The third kappa shape index (κ3) is 7.85. The Kier molecular flexibility index (Phi) is 9.97. The van der Waals surface area contributed by atoms with Crippen LogP contribution < -0.4 is 15.8 Å². The van der Waals surface area contributed by atoms with Crippen molar-refractivity contribution in [2.75, 3.05) is 33.4 Å². The lowest BCUT2D eigenvalue weighted by atomic mass is 10.2. The number of halogens is 1. The first kappa shape index (κ1) is 20.0. The monoisotopic (exact) mass is 435 g/mol. The van der Waals surface area contributed by atoms with Gasteiger partial charge in [0.25, 0.3) is 0 Å². The lowest BCUT2D eigenvalue weighted by Crippen LogP contribution is -2.35. The van der Waals surface area contributed by atoms with E-state index in [9.17, 15) is 0 Å². The first-order valence-corrected chi connectivity index (χ1v) is 7.64. The van der Waals surface area contributed by atoms with Gasteiger partial charge >= 0.3 is 0 Å². The Morgan fingerprint density at radius 1 is 1.39 bits per heavy atom. The second-order valence-electron chi connectivity index (χ2n) is 5.19. The van der Waals surface area contributed by atoms with Crippen LogP contribution in [0.3, 0.4) is 0 Å². The molecule has 3 N–H and O–H groups in total. The maximum atomic E-state index is 5.79. The van der Waals surface area contributed by atoms with Crippen LogP contribution >= 0.6 is 24.0 Å². The molecule has 1 saturated heterocycles. The molecule has 0 aromatic heterocycles. The van der Waals surface area contributed by atoms with Crippen LogP contribution in [0.2, 0.25) is 0 Å². The lowest BCUT2D eigenvalue weighted by Gasteiger charge is -2.09. The summed E-state index contributed by atoms with van der Waals surface area (Å²) in [6.45, 7) is 3.25. The van der Waals surface area contributed by atoms with Gasteiger partial charge in [0.2, 0.25) is 0 Å². The maximum Gasteiger partial charge on any atom is 0.188 e.